The van der Waals surface area contributed by atoms with Crippen LogP contribution >= 0.6 is 0 Å². The molecule has 1 saturated carbocycles. The van der Waals surface area contributed by atoms with E-state index in [1.807, 2.05) is 0 Å². The Morgan fingerprint density at radius 1 is 1.06 bits per heavy atom. The molecular weight excluding hydrogens is 200 g/mol. The Labute approximate surface area is 99.4 Å². The lowest BCUT2D eigenvalue weighted by Gasteiger charge is -2.42. The summed E-state index contributed by atoms with van der Waals surface area (Å²) in [5, 5.41) is 10.6. The summed E-state index contributed by atoms with van der Waals surface area (Å²) in [6.45, 7) is 6.43. The molecule has 0 aromatic heterocycles. The first-order chi connectivity index (χ1) is 7.49. The number of aliphatic hydroxyl groups is 1. The van der Waals surface area contributed by atoms with E-state index in [9.17, 15) is 5.11 Å². The molecule has 2 nitrogen and oxygen atoms in total. The molecule has 2 rings (SSSR count). The molecular formula is C14H26O2. The molecule has 1 aliphatic heterocycles. The largest absolute Gasteiger partial charge is 0.390 e. The van der Waals surface area contributed by atoms with Gasteiger partial charge in [-0.1, -0.05) is 13.8 Å². The van der Waals surface area contributed by atoms with Crippen LogP contribution in [0.1, 0.15) is 58.8 Å². The average molecular weight is 226 g/mol. The Morgan fingerprint density at radius 2 is 1.62 bits per heavy atom. The molecule has 0 spiro atoms. The van der Waals surface area contributed by atoms with E-state index >= 15 is 0 Å². The van der Waals surface area contributed by atoms with Gasteiger partial charge in [-0.25, -0.2) is 0 Å². The first-order valence-electron chi connectivity index (χ1n) is 6.79. The summed E-state index contributed by atoms with van der Waals surface area (Å²) in [5.74, 6) is 0.694. The normalized spacial score (nSPS) is 30.2. The zero-order valence-corrected chi connectivity index (χ0v) is 10.8. The van der Waals surface area contributed by atoms with Crippen molar-refractivity contribution in [3.63, 3.8) is 0 Å². The summed E-state index contributed by atoms with van der Waals surface area (Å²) in [7, 11) is 0. The fraction of sp³-hybridized carbons (Fsp3) is 1.00. The van der Waals surface area contributed by atoms with Crippen LogP contribution in [0.3, 0.4) is 0 Å². The van der Waals surface area contributed by atoms with Gasteiger partial charge in [-0.15, -0.1) is 0 Å². The minimum atomic E-state index is -0.364. The highest BCUT2D eigenvalue weighted by molar-refractivity contribution is 4.90. The van der Waals surface area contributed by atoms with Crippen LogP contribution in [0.5, 0.6) is 0 Å². The van der Waals surface area contributed by atoms with Crippen LogP contribution in [0.15, 0.2) is 0 Å². The van der Waals surface area contributed by atoms with Gasteiger partial charge in [0.05, 0.1) is 5.60 Å². The summed E-state index contributed by atoms with van der Waals surface area (Å²) in [4.78, 5) is 0. The molecule has 2 fully saturated rings. The topological polar surface area (TPSA) is 29.5 Å². The third-order valence-electron chi connectivity index (χ3n) is 4.54. The van der Waals surface area contributed by atoms with Crippen LogP contribution in [-0.4, -0.2) is 23.9 Å². The number of ether oxygens (including phenoxy) is 1. The van der Waals surface area contributed by atoms with Crippen molar-refractivity contribution in [3.8, 4) is 0 Å². The third-order valence-corrected chi connectivity index (χ3v) is 4.54. The van der Waals surface area contributed by atoms with Crippen molar-refractivity contribution in [3.05, 3.63) is 0 Å². The fourth-order valence-corrected chi connectivity index (χ4v) is 3.08. The molecule has 0 atom stereocenters. The Morgan fingerprint density at radius 3 is 2.19 bits per heavy atom. The minimum absolute atomic E-state index is 0.364. The van der Waals surface area contributed by atoms with E-state index in [4.69, 9.17) is 4.74 Å². The Kier molecular flexibility index (Phi) is 3.60. The first-order valence-corrected chi connectivity index (χ1v) is 6.79. The molecule has 0 amide bonds. The molecule has 1 saturated heterocycles. The van der Waals surface area contributed by atoms with Gasteiger partial charge in [0.15, 0.2) is 0 Å². The highest BCUT2D eigenvalue weighted by Gasteiger charge is 2.38. The second-order valence-corrected chi connectivity index (χ2v) is 6.65. The molecule has 0 aromatic carbocycles. The highest BCUT2D eigenvalue weighted by atomic mass is 16.5. The average Bonchev–Trinajstić information content (AvgIpc) is 2.25. The summed E-state index contributed by atoms with van der Waals surface area (Å²) in [5.41, 5.74) is 0.0828. The van der Waals surface area contributed by atoms with Crippen LogP contribution in [0.2, 0.25) is 0 Å². The molecule has 0 radical (unpaired) electrons. The molecule has 94 valence electrons. The Bertz CT molecular complexity index is 219. The monoisotopic (exact) mass is 226 g/mol. The van der Waals surface area contributed by atoms with Crippen molar-refractivity contribution in [2.45, 2.75) is 64.4 Å². The Balaban J connectivity index is 1.84. The second kappa shape index (κ2) is 4.66. The lowest BCUT2D eigenvalue weighted by Crippen LogP contribution is -2.39. The van der Waals surface area contributed by atoms with Gasteiger partial charge >= 0.3 is 0 Å². The van der Waals surface area contributed by atoms with Gasteiger partial charge in [-0.2, -0.15) is 0 Å². The summed E-state index contributed by atoms with van der Waals surface area (Å²) in [6, 6.07) is 0. The summed E-state index contributed by atoms with van der Waals surface area (Å²) < 4.78 is 5.37. The van der Waals surface area contributed by atoms with Gasteiger partial charge in [-0.3, -0.25) is 0 Å². The molecule has 16 heavy (non-hydrogen) atoms. The van der Waals surface area contributed by atoms with Gasteiger partial charge in [0.1, 0.15) is 0 Å². The van der Waals surface area contributed by atoms with E-state index in [1.165, 1.54) is 12.8 Å². The van der Waals surface area contributed by atoms with E-state index in [0.717, 1.165) is 45.3 Å². The highest BCUT2D eigenvalue weighted by Crippen LogP contribution is 2.43. The van der Waals surface area contributed by atoms with Gasteiger partial charge in [0.2, 0.25) is 0 Å². The molecule has 1 aliphatic carbocycles. The molecule has 2 heteroatoms. The van der Waals surface area contributed by atoms with E-state index in [-0.39, 0.29) is 5.60 Å². The number of hydrogen-bond donors (Lipinski definition) is 1. The van der Waals surface area contributed by atoms with Crippen LogP contribution in [0, 0.1) is 11.3 Å². The van der Waals surface area contributed by atoms with E-state index in [1.54, 1.807) is 0 Å². The predicted molar refractivity (Wildman–Crippen MR) is 65.4 cm³/mol. The lowest BCUT2D eigenvalue weighted by molar-refractivity contribution is -0.0561. The lowest BCUT2D eigenvalue weighted by atomic mass is 9.68. The summed E-state index contributed by atoms with van der Waals surface area (Å²) >= 11 is 0. The fourth-order valence-electron chi connectivity index (χ4n) is 3.08. The molecule has 0 bridgehead atoms. The second-order valence-electron chi connectivity index (χ2n) is 6.65. The van der Waals surface area contributed by atoms with E-state index in [0.29, 0.717) is 11.3 Å². The number of rotatable bonds is 2. The summed E-state index contributed by atoms with van der Waals surface area (Å²) in [6.07, 6.45) is 7.64. The molecule has 0 aromatic rings. The predicted octanol–water partition coefficient (Wildman–Crippen LogP) is 3.13. The van der Waals surface area contributed by atoms with Crippen LogP contribution in [0.4, 0.5) is 0 Å². The van der Waals surface area contributed by atoms with Crippen LogP contribution < -0.4 is 0 Å². The zero-order chi connectivity index (χ0) is 11.6. The molecule has 1 N–H and O–H groups in total. The van der Waals surface area contributed by atoms with Gasteiger partial charge < -0.3 is 9.84 Å². The van der Waals surface area contributed by atoms with Crippen molar-refractivity contribution < 1.29 is 9.84 Å². The van der Waals surface area contributed by atoms with E-state index in [2.05, 4.69) is 13.8 Å². The van der Waals surface area contributed by atoms with Crippen molar-refractivity contribution in [1.82, 2.24) is 0 Å². The van der Waals surface area contributed by atoms with E-state index < -0.39 is 0 Å². The van der Waals surface area contributed by atoms with Gasteiger partial charge in [0.25, 0.3) is 0 Å². The van der Waals surface area contributed by atoms with Crippen molar-refractivity contribution in [2.24, 2.45) is 11.3 Å². The van der Waals surface area contributed by atoms with Crippen molar-refractivity contribution in [2.75, 3.05) is 13.2 Å². The van der Waals surface area contributed by atoms with Crippen LogP contribution in [0.25, 0.3) is 0 Å². The smallest absolute Gasteiger partial charge is 0.0650 e. The minimum Gasteiger partial charge on any atom is -0.390 e. The Hall–Kier alpha value is -0.0800. The zero-order valence-electron chi connectivity index (χ0n) is 10.8. The first kappa shape index (κ1) is 12.4. The maximum atomic E-state index is 10.6. The van der Waals surface area contributed by atoms with Crippen molar-refractivity contribution >= 4 is 0 Å². The van der Waals surface area contributed by atoms with Crippen LogP contribution in [-0.2, 0) is 4.74 Å². The van der Waals surface area contributed by atoms with Gasteiger partial charge in [-0.05, 0) is 56.3 Å². The standard InChI is InChI=1S/C14H26O2/c1-13(2)5-7-14(15,8-6-13)11-12-3-9-16-10-4-12/h12,15H,3-11H2,1-2H3. The van der Waals surface area contributed by atoms with Crippen molar-refractivity contribution in [1.29, 1.82) is 0 Å². The maximum absolute atomic E-state index is 10.6. The maximum Gasteiger partial charge on any atom is 0.0650 e. The van der Waals surface area contributed by atoms with Gasteiger partial charge in [0, 0.05) is 13.2 Å². The number of hydrogen-bond acceptors (Lipinski definition) is 2. The molecule has 1 heterocycles. The quantitative estimate of drug-likeness (QED) is 0.784. The molecule has 2 aliphatic rings. The SMILES string of the molecule is CC1(C)CCC(O)(CC2CCOCC2)CC1. The molecule has 0 unspecified atom stereocenters. The third kappa shape index (κ3) is 3.21.